The van der Waals surface area contributed by atoms with Gasteiger partial charge in [0.2, 0.25) is 0 Å². The number of aromatic nitrogens is 2. The Morgan fingerprint density at radius 1 is 0.912 bits per heavy atom. The van der Waals surface area contributed by atoms with Gasteiger partial charge in [-0.15, -0.1) is 0 Å². The minimum absolute atomic E-state index is 0.219. The van der Waals surface area contributed by atoms with Gasteiger partial charge in [0, 0.05) is 44.8 Å². The Morgan fingerprint density at radius 3 is 2.26 bits per heavy atom. The van der Waals surface area contributed by atoms with Crippen molar-refractivity contribution in [2.45, 2.75) is 39.7 Å². The summed E-state index contributed by atoms with van der Waals surface area (Å²) in [5, 5.41) is 5.07. The van der Waals surface area contributed by atoms with E-state index in [0.29, 0.717) is 0 Å². The molecule has 0 saturated carbocycles. The number of aryl methyl sites for hydroxylation is 1. The molecule has 1 aliphatic rings. The van der Waals surface area contributed by atoms with E-state index >= 15 is 0 Å². The first-order valence-corrected chi connectivity index (χ1v) is 12.7. The molecule has 3 aromatic rings. The van der Waals surface area contributed by atoms with Crippen molar-refractivity contribution in [1.29, 1.82) is 0 Å². The van der Waals surface area contributed by atoms with Crippen molar-refractivity contribution in [2.75, 3.05) is 51.2 Å². The maximum atomic E-state index is 13.7. The Bertz CT molecular complexity index is 1020. The van der Waals surface area contributed by atoms with Gasteiger partial charge in [-0.3, -0.25) is 4.90 Å². The number of rotatable bonds is 10. The summed E-state index contributed by atoms with van der Waals surface area (Å²) in [5.74, 6) is 0.959. The minimum Gasteiger partial charge on any atom is -0.354 e. The van der Waals surface area contributed by atoms with Gasteiger partial charge in [-0.05, 0) is 62.7 Å². The highest BCUT2D eigenvalue weighted by atomic mass is 19.1. The van der Waals surface area contributed by atoms with Gasteiger partial charge in [0.15, 0.2) is 0 Å². The standard InChI is InChI=1S/C28H38FN5/c1-4-16-32(17-15-23-9-7-6-8-10-23)22-26-27(5-2)30-34(25-13-11-24(29)12-14-25)28(26)33-20-18-31(3)19-21-33/h6-14H,4-5,15-22H2,1-3H3. The van der Waals surface area contributed by atoms with Crippen molar-refractivity contribution in [1.82, 2.24) is 19.6 Å². The van der Waals surface area contributed by atoms with Crippen LogP contribution >= 0.6 is 0 Å². The molecule has 1 saturated heterocycles. The average Bonchev–Trinajstić information content (AvgIpc) is 3.22. The van der Waals surface area contributed by atoms with Crippen molar-refractivity contribution in [3.8, 4) is 5.69 Å². The zero-order valence-electron chi connectivity index (χ0n) is 20.9. The fourth-order valence-electron chi connectivity index (χ4n) is 4.78. The van der Waals surface area contributed by atoms with Crippen LogP contribution in [-0.2, 0) is 19.4 Å². The number of piperazine rings is 1. The molecular formula is C28H38FN5. The molecule has 0 aliphatic carbocycles. The van der Waals surface area contributed by atoms with Gasteiger partial charge in [-0.2, -0.15) is 5.10 Å². The van der Waals surface area contributed by atoms with Crippen LogP contribution in [0.4, 0.5) is 10.2 Å². The second-order valence-corrected chi connectivity index (χ2v) is 9.29. The van der Waals surface area contributed by atoms with Crippen LogP contribution in [-0.4, -0.2) is 65.9 Å². The highest BCUT2D eigenvalue weighted by Gasteiger charge is 2.26. The monoisotopic (exact) mass is 463 g/mol. The molecule has 0 unspecified atom stereocenters. The molecule has 0 spiro atoms. The van der Waals surface area contributed by atoms with E-state index in [1.807, 2.05) is 12.1 Å². The molecule has 2 heterocycles. The molecule has 4 rings (SSSR count). The number of likely N-dealkylation sites (N-methyl/N-ethyl adjacent to an activating group) is 1. The number of hydrogen-bond acceptors (Lipinski definition) is 4. The molecule has 0 bridgehead atoms. The smallest absolute Gasteiger partial charge is 0.137 e. The molecular weight excluding hydrogens is 425 g/mol. The number of hydrogen-bond donors (Lipinski definition) is 0. The first-order valence-electron chi connectivity index (χ1n) is 12.7. The molecule has 0 radical (unpaired) electrons. The van der Waals surface area contributed by atoms with Crippen molar-refractivity contribution < 1.29 is 4.39 Å². The van der Waals surface area contributed by atoms with Crippen LogP contribution in [0.25, 0.3) is 5.69 Å². The summed E-state index contributed by atoms with van der Waals surface area (Å²) in [7, 11) is 2.18. The molecule has 1 aliphatic heterocycles. The van der Waals surface area contributed by atoms with Gasteiger partial charge in [-0.1, -0.05) is 44.2 Å². The van der Waals surface area contributed by atoms with Gasteiger partial charge in [-0.25, -0.2) is 9.07 Å². The predicted octanol–water partition coefficient (Wildman–Crippen LogP) is 4.78. The first-order chi connectivity index (χ1) is 16.6. The average molecular weight is 464 g/mol. The summed E-state index contributed by atoms with van der Waals surface area (Å²) in [5.41, 5.74) is 4.75. The molecule has 6 heteroatoms. The third-order valence-electron chi connectivity index (χ3n) is 6.73. The fourth-order valence-corrected chi connectivity index (χ4v) is 4.78. The normalized spacial score (nSPS) is 14.8. The van der Waals surface area contributed by atoms with E-state index in [2.05, 4.69) is 70.6 Å². The number of benzene rings is 2. The molecule has 2 aromatic carbocycles. The van der Waals surface area contributed by atoms with Crippen LogP contribution in [0, 0.1) is 5.82 Å². The highest BCUT2D eigenvalue weighted by molar-refractivity contribution is 5.56. The lowest BCUT2D eigenvalue weighted by molar-refractivity contribution is 0.268. The molecule has 0 N–H and O–H groups in total. The summed E-state index contributed by atoms with van der Waals surface area (Å²) < 4.78 is 15.7. The van der Waals surface area contributed by atoms with E-state index in [4.69, 9.17) is 5.10 Å². The quantitative estimate of drug-likeness (QED) is 0.433. The van der Waals surface area contributed by atoms with E-state index in [-0.39, 0.29) is 5.82 Å². The van der Waals surface area contributed by atoms with Crippen LogP contribution in [0.3, 0.4) is 0 Å². The van der Waals surface area contributed by atoms with Gasteiger partial charge >= 0.3 is 0 Å². The SMILES string of the molecule is CCCN(CCc1ccccc1)Cc1c(CC)nn(-c2ccc(F)cc2)c1N1CCN(C)CC1. The van der Waals surface area contributed by atoms with Gasteiger partial charge in [0.05, 0.1) is 11.4 Å². The van der Waals surface area contributed by atoms with Crippen LogP contribution in [0.5, 0.6) is 0 Å². The Hall–Kier alpha value is -2.70. The highest BCUT2D eigenvalue weighted by Crippen LogP contribution is 2.30. The van der Waals surface area contributed by atoms with E-state index in [1.54, 1.807) is 0 Å². The summed E-state index contributed by atoms with van der Waals surface area (Å²) >= 11 is 0. The number of nitrogens with zero attached hydrogens (tertiary/aromatic N) is 5. The Kier molecular flexibility index (Phi) is 8.35. The van der Waals surface area contributed by atoms with E-state index in [9.17, 15) is 4.39 Å². The third-order valence-corrected chi connectivity index (χ3v) is 6.73. The fraction of sp³-hybridized carbons (Fsp3) is 0.464. The van der Waals surface area contributed by atoms with Crippen LogP contribution in [0.15, 0.2) is 54.6 Å². The van der Waals surface area contributed by atoms with Crippen molar-refractivity contribution >= 4 is 5.82 Å². The maximum absolute atomic E-state index is 13.7. The Balaban J connectivity index is 1.68. The van der Waals surface area contributed by atoms with Crippen LogP contribution < -0.4 is 4.90 Å². The predicted molar refractivity (Wildman–Crippen MR) is 138 cm³/mol. The molecule has 5 nitrogen and oxygen atoms in total. The Labute approximate surface area is 203 Å². The lowest BCUT2D eigenvalue weighted by atomic mass is 10.1. The molecule has 0 atom stereocenters. The lowest BCUT2D eigenvalue weighted by Crippen LogP contribution is -2.45. The number of halogens is 1. The largest absolute Gasteiger partial charge is 0.354 e. The molecule has 1 fully saturated rings. The number of anilines is 1. The van der Waals surface area contributed by atoms with Gasteiger partial charge in [0.25, 0.3) is 0 Å². The second-order valence-electron chi connectivity index (χ2n) is 9.29. The van der Waals surface area contributed by atoms with E-state index < -0.39 is 0 Å². The van der Waals surface area contributed by atoms with Gasteiger partial charge < -0.3 is 9.80 Å². The third kappa shape index (κ3) is 5.86. The topological polar surface area (TPSA) is 27.5 Å². The van der Waals surface area contributed by atoms with E-state index in [1.165, 1.54) is 29.1 Å². The van der Waals surface area contributed by atoms with Gasteiger partial charge in [0.1, 0.15) is 11.6 Å². The second kappa shape index (κ2) is 11.6. The van der Waals surface area contributed by atoms with E-state index in [0.717, 1.165) is 76.5 Å². The summed E-state index contributed by atoms with van der Waals surface area (Å²) in [6, 6.07) is 17.5. The van der Waals surface area contributed by atoms with Crippen LogP contribution in [0.2, 0.25) is 0 Å². The molecule has 1 aromatic heterocycles. The maximum Gasteiger partial charge on any atom is 0.137 e. The molecule has 34 heavy (non-hydrogen) atoms. The summed E-state index contributed by atoms with van der Waals surface area (Å²) in [4.78, 5) is 7.42. The van der Waals surface area contributed by atoms with Crippen molar-refractivity contribution in [2.24, 2.45) is 0 Å². The lowest BCUT2D eigenvalue weighted by Gasteiger charge is -2.35. The zero-order valence-corrected chi connectivity index (χ0v) is 20.9. The van der Waals surface area contributed by atoms with Crippen LogP contribution in [0.1, 0.15) is 37.1 Å². The minimum atomic E-state index is -0.219. The van der Waals surface area contributed by atoms with Crippen molar-refractivity contribution in [3.05, 3.63) is 77.2 Å². The Morgan fingerprint density at radius 2 is 1.62 bits per heavy atom. The summed E-state index contributed by atoms with van der Waals surface area (Å²) in [6.45, 7) is 11.4. The first kappa shape index (κ1) is 24.4. The summed E-state index contributed by atoms with van der Waals surface area (Å²) in [6.07, 6.45) is 3.04. The van der Waals surface area contributed by atoms with Crippen molar-refractivity contribution in [3.63, 3.8) is 0 Å². The molecule has 182 valence electrons. The zero-order chi connectivity index (χ0) is 23.9. The molecule has 0 amide bonds.